The van der Waals surface area contributed by atoms with Gasteiger partial charge < -0.3 is 14.8 Å². The van der Waals surface area contributed by atoms with Crippen molar-refractivity contribution in [3.8, 4) is 11.9 Å². The molecule has 6 nitrogen and oxygen atoms in total. The number of hydrogen-bond acceptors (Lipinski definition) is 5. The Hall–Kier alpha value is -1.85. The molecule has 2 rings (SSSR count). The average Bonchev–Trinajstić information content (AvgIpc) is 2.31. The fourth-order valence-electron chi connectivity index (χ4n) is 1.79. The molecule has 1 saturated carbocycles. The zero-order chi connectivity index (χ0) is 13.7. The number of carbonyl (C=O) groups excluding carboxylic acids is 1. The second-order valence-electron chi connectivity index (χ2n) is 4.35. The molecule has 1 aromatic heterocycles. The molecule has 1 amide bonds. The summed E-state index contributed by atoms with van der Waals surface area (Å²) in [6.45, 7) is 4.67. The van der Waals surface area contributed by atoms with Gasteiger partial charge in [0.05, 0.1) is 19.4 Å². The van der Waals surface area contributed by atoms with E-state index in [1.54, 1.807) is 0 Å². The highest BCUT2D eigenvalue weighted by Crippen LogP contribution is 2.29. The van der Waals surface area contributed by atoms with Crippen molar-refractivity contribution in [3.63, 3.8) is 0 Å². The normalized spacial score (nSPS) is 14.6. The van der Waals surface area contributed by atoms with Crippen molar-refractivity contribution in [1.82, 2.24) is 9.97 Å². The Kier molecular flexibility index (Phi) is 4.54. The third-order valence-electron chi connectivity index (χ3n) is 3.02. The van der Waals surface area contributed by atoms with Crippen molar-refractivity contribution in [2.75, 3.05) is 18.5 Å². The summed E-state index contributed by atoms with van der Waals surface area (Å²) in [6.07, 6.45) is 4.55. The molecule has 1 heterocycles. The van der Waals surface area contributed by atoms with Crippen LogP contribution in [0.25, 0.3) is 0 Å². The van der Waals surface area contributed by atoms with Crippen molar-refractivity contribution in [2.45, 2.75) is 33.1 Å². The lowest BCUT2D eigenvalue weighted by molar-refractivity contribution is -0.122. The first-order valence-electron chi connectivity index (χ1n) is 6.68. The molecule has 19 heavy (non-hydrogen) atoms. The predicted octanol–water partition coefficient (Wildman–Crippen LogP) is 2.01. The summed E-state index contributed by atoms with van der Waals surface area (Å²) >= 11 is 0. The SMILES string of the molecule is CCOc1ncc(NC(=O)C2CCC2)c(OCC)n1. The van der Waals surface area contributed by atoms with Crippen molar-refractivity contribution in [2.24, 2.45) is 5.92 Å². The smallest absolute Gasteiger partial charge is 0.319 e. The minimum Gasteiger partial charge on any atom is -0.476 e. The summed E-state index contributed by atoms with van der Waals surface area (Å²) < 4.78 is 10.6. The monoisotopic (exact) mass is 265 g/mol. The van der Waals surface area contributed by atoms with Crippen LogP contribution in [0.15, 0.2) is 6.20 Å². The van der Waals surface area contributed by atoms with Crippen LogP contribution in [0.1, 0.15) is 33.1 Å². The fraction of sp³-hybridized carbons (Fsp3) is 0.615. The van der Waals surface area contributed by atoms with Gasteiger partial charge >= 0.3 is 6.01 Å². The van der Waals surface area contributed by atoms with Crippen molar-refractivity contribution in [1.29, 1.82) is 0 Å². The lowest BCUT2D eigenvalue weighted by Gasteiger charge is -2.24. The van der Waals surface area contributed by atoms with Crippen molar-refractivity contribution in [3.05, 3.63) is 6.20 Å². The van der Waals surface area contributed by atoms with Crippen LogP contribution < -0.4 is 14.8 Å². The summed E-state index contributed by atoms with van der Waals surface area (Å²) in [4.78, 5) is 20.1. The van der Waals surface area contributed by atoms with Gasteiger partial charge in [-0.05, 0) is 26.7 Å². The second-order valence-corrected chi connectivity index (χ2v) is 4.35. The van der Waals surface area contributed by atoms with Gasteiger partial charge in [-0.2, -0.15) is 4.98 Å². The van der Waals surface area contributed by atoms with E-state index in [4.69, 9.17) is 9.47 Å². The number of hydrogen-bond donors (Lipinski definition) is 1. The molecule has 1 aliphatic carbocycles. The zero-order valence-electron chi connectivity index (χ0n) is 11.3. The molecule has 1 aliphatic rings. The third kappa shape index (κ3) is 3.33. The van der Waals surface area contributed by atoms with Gasteiger partial charge in [0.15, 0.2) is 0 Å². The minimum absolute atomic E-state index is 0.0139. The number of carbonyl (C=O) groups is 1. The largest absolute Gasteiger partial charge is 0.476 e. The lowest BCUT2D eigenvalue weighted by atomic mass is 9.85. The Morgan fingerprint density at radius 3 is 2.68 bits per heavy atom. The maximum atomic E-state index is 11.9. The molecule has 0 atom stereocenters. The minimum atomic E-state index is 0.0139. The van der Waals surface area contributed by atoms with E-state index in [0.29, 0.717) is 24.8 Å². The molecule has 1 aromatic rings. The number of nitrogens with one attached hydrogen (secondary N) is 1. The first kappa shape index (κ1) is 13.6. The Labute approximate surface area is 112 Å². The molecule has 0 bridgehead atoms. The van der Waals surface area contributed by atoms with Gasteiger partial charge in [0, 0.05) is 5.92 Å². The molecule has 6 heteroatoms. The zero-order valence-corrected chi connectivity index (χ0v) is 11.3. The Morgan fingerprint density at radius 1 is 1.37 bits per heavy atom. The van der Waals surface area contributed by atoms with Gasteiger partial charge in [0.2, 0.25) is 11.8 Å². The first-order valence-corrected chi connectivity index (χ1v) is 6.68. The molecular weight excluding hydrogens is 246 g/mol. The second kappa shape index (κ2) is 6.36. The maximum absolute atomic E-state index is 11.9. The fourth-order valence-corrected chi connectivity index (χ4v) is 1.79. The Balaban J connectivity index is 2.10. The summed E-state index contributed by atoms with van der Waals surface area (Å²) in [5.74, 6) is 0.481. The Bertz CT molecular complexity index is 447. The number of ether oxygens (including phenoxy) is 2. The van der Waals surface area contributed by atoms with Crippen molar-refractivity contribution >= 4 is 11.6 Å². The van der Waals surface area contributed by atoms with Crippen LogP contribution >= 0.6 is 0 Å². The number of aromatic nitrogens is 2. The molecule has 104 valence electrons. The van der Waals surface area contributed by atoms with Gasteiger partial charge in [-0.1, -0.05) is 6.42 Å². The molecule has 0 aliphatic heterocycles. The van der Waals surface area contributed by atoms with Crippen LogP contribution in [-0.4, -0.2) is 29.1 Å². The highest BCUT2D eigenvalue weighted by molar-refractivity contribution is 5.93. The molecule has 0 spiro atoms. The molecule has 0 unspecified atom stereocenters. The van der Waals surface area contributed by atoms with Crippen LogP contribution in [0.3, 0.4) is 0 Å². The number of rotatable bonds is 6. The van der Waals surface area contributed by atoms with Crippen LogP contribution in [0.5, 0.6) is 11.9 Å². The highest BCUT2D eigenvalue weighted by atomic mass is 16.5. The van der Waals surface area contributed by atoms with E-state index in [0.717, 1.165) is 19.3 Å². The van der Waals surface area contributed by atoms with E-state index in [-0.39, 0.29) is 17.8 Å². The van der Waals surface area contributed by atoms with Crippen LogP contribution in [0.4, 0.5) is 5.69 Å². The topological polar surface area (TPSA) is 73.3 Å². The van der Waals surface area contributed by atoms with E-state index < -0.39 is 0 Å². The highest BCUT2D eigenvalue weighted by Gasteiger charge is 2.26. The number of anilines is 1. The van der Waals surface area contributed by atoms with Crippen LogP contribution in [0.2, 0.25) is 0 Å². The average molecular weight is 265 g/mol. The maximum Gasteiger partial charge on any atom is 0.319 e. The van der Waals surface area contributed by atoms with E-state index in [9.17, 15) is 4.79 Å². The van der Waals surface area contributed by atoms with E-state index in [2.05, 4.69) is 15.3 Å². The van der Waals surface area contributed by atoms with E-state index >= 15 is 0 Å². The van der Waals surface area contributed by atoms with Crippen LogP contribution in [-0.2, 0) is 4.79 Å². The van der Waals surface area contributed by atoms with Gasteiger partial charge in [0.25, 0.3) is 0 Å². The van der Waals surface area contributed by atoms with Gasteiger partial charge in [0.1, 0.15) is 5.69 Å². The molecular formula is C13H19N3O3. The number of nitrogens with zero attached hydrogens (tertiary/aromatic N) is 2. The molecule has 1 fully saturated rings. The van der Waals surface area contributed by atoms with Gasteiger partial charge in [-0.3, -0.25) is 4.79 Å². The summed E-state index contributed by atoms with van der Waals surface area (Å²) in [5, 5.41) is 2.82. The van der Waals surface area contributed by atoms with E-state index in [1.165, 1.54) is 6.20 Å². The Morgan fingerprint density at radius 2 is 2.11 bits per heavy atom. The van der Waals surface area contributed by atoms with Gasteiger partial charge in [-0.25, -0.2) is 4.98 Å². The van der Waals surface area contributed by atoms with Crippen molar-refractivity contribution < 1.29 is 14.3 Å². The summed E-state index contributed by atoms with van der Waals surface area (Å²) in [7, 11) is 0. The summed E-state index contributed by atoms with van der Waals surface area (Å²) in [6, 6.07) is 0.257. The van der Waals surface area contributed by atoms with Crippen LogP contribution in [0, 0.1) is 5.92 Å². The predicted molar refractivity (Wildman–Crippen MR) is 70.3 cm³/mol. The molecule has 0 saturated heterocycles. The molecule has 0 aromatic carbocycles. The quantitative estimate of drug-likeness (QED) is 0.851. The molecule has 0 radical (unpaired) electrons. The third-order valence-corrected chi connectivity index (χ3v) is 3.02. The van der Waals surface area contributed by atoms with Gasteiger partial charge in [-0.15, -0.1) is 0 Å². The van der Waals surface area contributed by atoms with E-state index in [1.807, 2.05) is 13.8 Å². The summed E-state index contributed by atoms with van der Waals surface area (Å²) in [5.41, 5.74) is 0.502. The molecule has 1 N–H and O–H groups in total. The first-order chi connectivity index (χ1) is 9.24. The lowest BCUT2D eigenvalue weighted by Crippen LogP contribution is -2.28. The standard InChI is InChI=1S/C13H19N3O3/c1-3-18-12-10(8-14-13(16-12)19-4-2)15-11(17)9-6-5-7-9/h8-9H,3-7H2,1-2H3,(H,15,17). The number of amides is 1.